The van der Waals surface area contributed by atoms with E-state index in [1.165, 1.54) is 0 Å². The summed E-state index contributed by atoms with van der Waals surface area (Å²) in [6.45, 7) is 4.73. The highest BCUT2D eigenvalue weighted by Gasteiger charge is 2.55. The van der Waals surface area contributed by atoms with Gasteiger partial charge in [0.15, 0.2) is 6.61 Å². The number of nitrogens with zero attached hydrogens (tertiary/aromatic N) is 1. The Morgan fingerprint density at radius 1 is 1.25 bits per heavy atom. The number of rotatable bonds is 5. The van der Waals surface area contributed by atoms with Gasteiger partial charge in [-0.1, -0.05) is 37.5 Å². The predicted octanol–water partition coefficient (Wildman–Crippen LogP) is 2.53. The van der Waals surface area contributed by atoms with Gasteiger partial charge in [-0.2, -0.15) is 0 Å². The molecule has 28 heavy (non-hydrogen) atoms. The molecule has 1 aromatic rings. The molecule has 1 saturated carbocycles. The number of nitrogens with one attached hydrogen (secondary N) is 1. The number of imide groups is 1. The Bertz CT molecular complexity index is 834. The summed E-state index contributed by atoms with van der Waals surface area (Å²) in [6, 6.07) is 4.91. The SMILES string of the molecule is Cc1ccc(C)c(C(=O)COC(=O)CN2C(=O)N[C@]3(CCCC[C@@H]3C)C2=O)c1. The van der Waals surface area contributed by atoms with Crippen LogP contribution in [0.1, 0.15) is 54.1 Å². The first-order valence-corrected chi connectivity index (χ1v) is 9.65. The molecule has 0 unspecified atom stereocenters. The molecule has 2 atom stereocenters. The Hall–Kier alpha value is -2.70. The van der Waals surface area contributed by atoms with Crippen molar-refractivity contribution in [3.8, 4) is 0 Å². The molecular formula is C21H26N2O5. The van der Waals surface area contributed by atoms with Gasteiger partial charge in [-0.25, -0.2) is 4.79 Å². The maximum absolute atomic E-state index is 12.8. The van der Waals surface area contributed by atoms with Gasteiger partial charge in [0.05, 0.1) is 0 Å². The van der Waals surface area contributed by atoms with Crippen LogP contribution in [0.2, 0.25) is 0 Å². The molecule has 0 aromatic heterocycles. The zero-order chi connectivity index (χ0) is 20.5. The van der Waals surface area contributed by atoms with E-state index in [2.05, 4.69) is 5.32 Å². The molecule has 1 aliphatic heterocycles. The van der Waals surface area contributed by atoms with Crippen LogP contribution in [0.3, 0.4) is 0 Å². The van der Waals surface area contributed by atoms with E-state index in [9.17, 15) is 19.2 Å². The van der Waals surface area contributed by atoms with Crippen LogP contribution in [0.5, 0.6) is 0 Å². The molecule has 1 spiro atoms. The molecule has 0 radical (unpaired) electrons. The average Bonchev–Trinajstić information content (AvgIpc) is 2.89. The quantitative estimate of drug-likeness (QED) is 0.477. The van der Waals surface area contributed by atoms with E-state index in [1.54, 1.807) is 6.07 Å². The minimum absolute atomic E-state index is 0.0181. The van der Waals surface area contributed by atoms with Crippen molar-refractivity contribution in [1.29, 1.82) is 0 Å². The molecule has 1 aromatic carbocycles. The molecule has 7 heteroatoms. The first-order valence-electron chi connectivity index (χ1n) is 9.65. The van der Waals surface area contributed by atoms with Gasteiger partial charge in [0.25, 0.3) is 5.91 Å². The molecule has 2 aliphatic rings. The Morgan fingerprint density at radius 2 is 2.00 bits per heavy atom. The van der Waals surface area contributed by atoms with Crippen molar-refractivity contribution >= 4 is 23.7 Å². The van der Waals surface area contributed by atoms with E-state index in [0.717, 1.165) is 35.3 Å². The van der Waals surface area contributed by atoms with Crippen molar-refractivity contribution < 1.29 is 23.9 Å². The molecule has 0 bridgehead atoms. The highest BCUT2D eigenvalue weighted by atomic mass is 16.5. The summed E-state index contributed by atoms with van der Waals surface area (Å²) in [5.41, 5.74) is 1.32. The highest BCUT2D eigenvalue weighted by Crippen LogP contribution is 2.38. The number of ether oxygens (including phenoxy) is 1. The van der Waals surface area contributed by atoms with Crippen molar-refractivity contribution in [3.05, 3.63) is 34.9 Å². The van der Waals surface area contributed by atoms with Gasteiger partial charge in [-0.3, -0.25) is 19.3 Å². The fraction of sp³-hybridized carbons (Fsp3) is 0.524. The second kappa shape index (κ2) is 7.73. The van der Waals surface area contributed by atoms with Crippen molar-refractivity contribution in [3.63, 3.8) is 0 Å². The number of Topliss-reactive ketones (excluding diaryl/α,β-unsaturated/α-hetero) is 1. The van der Waals surface area contributed by atoms with E-state index in [0.29, 0.717) is 12.0 Å². The Morgan fingerprint density at radius 3 is 2.71 bits per heavy atom. The van der Waals surface area contributed by atoms with Gasteiger partial charge in [-0.05, 0) is 44.2 Å². The third-order valence-electron chi connectivity index (χ3n) is 5.85. The van der Waals surface area contributed by atoms with Gasteiger partial charge >= 0.3 is 12.0 Å². The van der Waals surface area contributed by atoms with Gasteiger partial charge in [0.2, 0.25) is 5.78 Å². The maximum atomic E-state index is 12.8. The van der Waals surface area contributed by atoms with Gasteiger partial charge in [0, 0.05) is 5.56 Å². The molecule has 1 N–H and O–H groups in total. The second-order valence-electron chi connectivity index (χ2n) is 7.84. The normalized spacial score (nSPS) is 24.4. The van der Waals surface area contributed by atoms with E-state index in [4.69, 9.17) is 4.74 Å². The summed E-state index contributed by atoms with van der Waals surface area (Å²) >= 11 is 0. The molecular weight excluding hydrogens is 360 g/mol. The molecule has 3 amide bonds. The van der Waals surface area contributed by atoms with Crippen LogP contribution in [0, 0.1) is 19.8 Å². The number of ketones is 1. The molecule has 1 aliphatic carbocycles. The lowest BCUT2D eigenvalue weighted by Gasteiger charge is -2.36. The lowest BCUT2D eigenvalue weighted by molar-refractivity contribution is -0.147. The fourth-order valence-corrected chi connectivity index (χ4v) is 4.07. The third-order valence-corrected chi connectivity index (χ3v) is 5.85. The topological polar surface area (TPSA) is 92.8 Å². The minimum atomic E-state index is -0.913. The van der Waals surface area contributed by atoms with Crippen molar-refractivity contribution in [2.24, 2.45) is 5.92 Å². The number of carbonyl (C=O) groups is 4. The first kappa shape index (κ1) is 20.0. The number of hydrogen-bond acceptors (Lipinski definition) is 5. The Kier molecular flexibility index (Phi) is 5.54. The number of esters is 1. The van der Waals surface area contributed by atoms with Crippen molar-refractivity contribution in [1.82, 2.24) is 10.2 Å². The van der Waals surface area contributed by atoms with E-state index >= 15 is 0 Å². The third kappa shape index (κ3) is 3.66. The minimum Gasteiger partial charge on any atom is -0.456 e. The predicted molar refractivity (Wildman–Crippen MR) is 102 cm³/mol. The molecule has 2 fully saturated rings. The highest BCUT2D eigenvalue weighted by molar-refractivity contribution is 6.09. The maximum Gasteiger partial charge on any atom is 0.326 e. The van der Waals surface area contributed by atoms with Crippen LogP contribution in [0.15, 0.2) is 18.2 Å². The number of aryl methyl sites for hydroxylation is 2. The number of benzene rings is 1. The average molecular weight is 386 g/mol. The zero-order valence-electron chi connectivity index (χ0n) is 16.5. The fourth-order valence-electron chi connectivity index (χ4n) is 4.07. The summed E-state index contributed by atoms with van der Waals surface area (Å²) in [7, 11) is 0. The smallest absolute Gasteiger partial charge is 0.326 e. The standard InChI is InChI=1S/C21H26N2O5/c1-13-7-8-14(2)16(10-13)17(24)12-28-18(25)11-23-19(26)21(22-20(23)27)9-5-4-6-15(21)3/h7-8,10,15H,4-6,9,11-12H2,1-3H3,(H,22,27)/t15-,21-/m0/s1. The summed E-state index contributed by atoms with van der Waals surface area (Å²) < 4.78 is 5.05. The lowest BCUT2D eigenvalue weighted by atomic mass is 9.73. The lowest BCUT2D eigenvalue weighted by Crippen LogP contribution is -2.54. The number of carbonyl (C=O) groups excluding carboxylic acids is 4. The monoisotopic (exact) mass is 386 g/mol. The van der Waals surface area contributed by atoms with Gasteiger partial charge in [-0.15, -0.1) is 0 Å². The molecule has 150 valence electrons. The number of amides is 3. The Labute approximate surface area is 164 Å². The number of urea groups is 1. The van der Waals surface area contributed by atoms with Crippen LogP contribution in [0.4, 0.5) is 4.79 Å². The molecule has 1 heterocycles. The van der Waals surface area contributed by atoms with Gasteiger partial charge in [0.1, 0.15) is 12.1 Å². The van der Waals surface area contributed by atoms with Crippen LogP contribution >= 0.6 is 0 Å². The first-order chi connectivity index (χ1) is 13.2. The van der Waals surface area contributed by atoms with Crippen LogP contribution in [0.25, 0.3) is 0 Å². The molecule has 7 nitrogen and oxygen atoms in total. The molecule has 1 saturated heterocycles. The van der Waals surface area contributed by atoms with Crippen LogP contribution in [-0.2, 0) is 14.3 Å². The van der Waals surface area contributed by atoms with E-state index in [-0.39, 0.29) is 17.6 Å². The van der Waals surface area contributed by atoms with Crippen molar-refractivity contribution in [2.45, 2.75) is 52.0 Å². The van der Waals surface area contributed by atoms with Crippen LogP contribution in [-0.4, -0.2) is 47.3 Å². The van der Waals surface area contributed by atoms with E-state index < -0.39 is 30.7 Å². The summed E-state index contributed by atoms with van der Waals surface area (Å²) in [6.07, 6.45) is 3.32. The van der Waals surface area contributed by atoms with Gasteiger partial charge < -0.3 is 10.1 Å². The largest absolute Gasteiger partial charge is 0.456 e. The summed E-state index contributed by atoms with van der Waals surface area (Å²) in [4.78, 5) is 50.6. The Balaban J connectivity index is 1.60. The second-order valence-corrected chi connectivity index (χ2v) is 7.84. The van der Waals surface area contributed by atoms with Crippen molar-refractivity contribution in [2.75, 3.05) is 13.2 Å². The van der Waals surface area contributed by atoms with Crippen LogP contribution < -0.4 is 5.32 Å². The summed E-state index contributed by atoms with van der Waals surface area (Å²) in [5, 5.41) is 2.79. The number of hydrogen-bond donors (Lipinski definition) is 1. The molecule has 3 rings (SSSR count). The van der Waals surface area contributed by atoms with E-state index in [1.807, 2.05) is 32.9 Å². The summed E-state index contributed by atoms with van der Waals surface area (Å²) in [5.74, 6) is -1.45. The zero-order valence-corrected chi connectivity index (χ0v) is 16.5.